The van der Waals surface area contributed by atoms with Crippen molar-refractivity contribution in [3.8, 4) is 11.5 Å². The Hall–Kier alpha value is -2.34. The van der Waals surface area contributed by atoms with Gasteiger partial charge in [0.2, 0.25) is 10.0 Å². The molecule has 0 fully saturated rings. The quantitative estimate of drug-likeness (QED) is 0.369. The first-order chi connectivity index (χ1) is 11.3. The van der Waals surface area contributed by atoms with Crippen LogP contribution in [-0.4, -0.2) is 40.3 Å². The molecule has 2 aliphatic rings. The number of phenolic OH excluding ortho intramolecular Hbond substituents is 2. The van der Waals surface area contributed by atoms with Crippen LogP contribution in [0.2, 0.25) is 0 Å². The van der Waals surface area contributed by atoms with E-state index in [1.54, 1.807) is 17.3 Å². The number of nitrogens with one attached hydrogen (secondary N) is 3. The van der Waals surface area contributed by atoms with Gasteiger partial charge in [0.25, 0.3) is 0 Å². The zero-order chi connectivity index (χ0) is 17.5. The predicted molar refractivity (Wildman–Crippen MR) is 89.3 cm³/mol. The van der Waals surface area contributed by atoms with Crippen LogP contribution in [0, 0.1) is 0 Å². The number of rotatable bonds is 4. The summed E-state index contributed by atoms with van der Waals surface area (Å²) in [7, 11) is -3.86. The van der Waals surface area contributed by atoms with Crippen molar-refractivity contribution in [1.82, 2.24) is 25.6 Å². The van der Waals surface area contributed by atoms with E-state index in [9.17, 15) is 18.6 Å². The normalized spacial score (nSPS) is 17.3. The van der Waals surface area contributed by atoms with E-state index in [1.165, 1.54) is 11.1 Å². The van der Waals surface area contributed by atoms with Crippen molar-refractivity contribution in [3.05, 3.63) is 42.0 Å². The maximum absolute atomic E-state index is 12.2. The number of sulfonamides is 1. The van der Waals surface area contributed by atoms with Gasteiger partial charge in [0.15, 0.2) is 11.5 Å². The molecule has 1 aromatic rings. The second kappa shape index (κ2) is 5.94. The number of hydrazine groups is 2. The zero-order valence-corrected chi connectivity index (χ0v) is 14.1. The summed E-state index contributed by atoms with van der Waals surface area (Å²) in [5, 5.41) is 24.9. The van der Waals surface area contributed by atoms with E-state index in [4.69, 9.17) is 12.2 Å². The summed E-state index contributed by atoms with van der Waals surface area (Å²) < 4.78 is 26.9. The average Bonchev–Trinajstić information content (AvgIpc) is 2.91. The van der Waals surface area contributed by atoms with Gasteiger partial charge in [0, 0.05) is 11.8 Å². The van der Waals surface area contributed by atoms with Crippen molar-refractivity contribution in [2.75, 3.05) is 6.67 Å². The molecule has 0 aliphatic carbocycles. The molecule has 5 N–H and O–H groups in total. The van der Waals surface area contributed by atoms with E-state index in [1.807, 2.05) is 6.92 Å². The van der Waals surface area contributed by atoms with E-state index >= 15 is 0 Å². The van der Waals surface area contributed by atoms with Gasteiger partial charge in [0.05, 0.1) is 17.8 Å². The predicted octanol–water partition coefficient (Wildman–Crippen LogP) is 0.00410. The molecule has 128 valence electrons. The number of phenols is 2. The third-order valence-corrected chi connectivity index (χ3v) is 5.00. The highest BCUT2D eigenvalue weighted by molar-refractivity contribution is 7.89. The minimum atomic E-state index is -3.86. The van der Waals surface area contributed by atoms with Gasteiger partial charge in [-0.3, -0.25) is 5.01 Å². The summed E-state index contributed by atoms with van der Waals surface area (Å²) in [5.41, 5.74) is 3.80. The van der Waals surface area contributed by atoms with E-state index in [0.29, 0.717) is 10.8 Å². The van der Waals surface area contributed by atoms with Crippen LogP contribution in [-0.2, 0) is 10.0 Å². The molecule has 11 heteroatoms. The Balaban J connectivity index is 1.68. The molecular formula is C13H15N5O4S2. The Morgan fingerprint density at radius 1 is 1.29 bits per heavy atom. The van der Waals surface area contributed by atoms with Gasteiger partial charge < -0.3 is 15.5 Å². The van der Waals surface area contributed by atoms with Crippen LogP contribution in [0.25, 0.3) is 0 Å². The average molecular weight is 369 g/mol. The van der Waals surface area contributed by atoms with Crippen LogP contribution in [0.1, 0.15) is 6.92 Å². The van der Waals surface area contributed by atoms with Gasteiger partial charge >= 0.3 is 0 Å². The Morgan fingerprint density at radius 3 is 2.75 bits per heavy atom. The highest BCUT2D eigenvalue weighted by Gasteiger charge is 2.27. The van der Waals surface area contributed by atoms with E-state index in [2.05, 4.69) is 15.6 Å². The Bertz CT molecular complexity index is 865. The minimum absolute atomic E-state index is 0.0761. The lowest BCUT2D eigenvalue weighted by Gasteiger charge is -2.27. The van der Waals surface area contributed by atoms with Crippen LogP contribution in [0.3, 0.4) is 0 Å². The summed E-state index contributed by atoms with van der Waals surface area (Å²) in [4.78, 5) is 0.389. The first kappa shape index (κ1) is 16.5. The van der Waals surface area contributed by atoms with Crippen molar-refractivity contribution in [2.24, 2.45) is 0 Å². The molecule has 2 heterocycles. The van der Waals surface area contributed by atoms with Crippen molar-refractivity contribution < 1.29 is 18.6 Å². The Labute approximate surface area is 143 Å². The molecule has 0 amide bonds. The number of hydrogen-bond acceptors (Lipinski definition) is 8. The lowest BCUT2D eigenvalue weighted by Crippen LogP contribution is -2.49. The maximum atomic E-state index is 12.2. The van der Waals surface area contributed by atoms with Crippen molar-refractivity contribution in [1.29, 1.82) is 0 Å². The number of allylic oxidation sites excluding steroid dienone is 1. The number of hydrogen-bond donors (Lipinski definition) is 5. The van der Waals surface area contributed by atoms with Crippen LogP contribution >= 0.6 is 12.2 Å². The van der Waals surface area contributed by atoms with Crippen LogP contribution < -0.4 is 15.6 Å². The summed E-state index contributed by atoms with van der Waals surface area (Å²) in [6, 6.07) is 3.28. The summed E-state index contributed by atoms with van der Waals surface area (Å²) >= 11 is 5.22. The van der Waals surface area contributed by atoms with Crippen molar-refractivity contribution in [3.63, 3.8) is 0 Å². The molecule has 0 bridgehead atoms. The molecule has 2 aliphatic heterocycles. The SMILES string of the molecule is CC1=CC(=S)N2NN(CNS(=O)(=O)c3ccc(O)c(O)c3)C=C2N1. The summed E-state index contributed by atoms with van der Waals surface area (Å²) in [6.07, 6.45) is 3.44. The fourth-order valence-corrected chi connectivity index (χ4v) is 3.46. The number of nitrogens with zero attached hydrogens (tertiary/aromatic N) is 2. The number of thiocarbonyl (C=S) groups is 1. The zero-order valence-electron chi connectivity index (χ0n) is 12.5. The fourth-order valence-electron chi connectivity index (χ4n) is 2.15. The molecule has 0 saturated carbocycles. The smallest absolute Gasteiger partial charge is 0.242 e. The number of fused-ring (bicyclic) bond motifs is 1. The van der Waals surface area contributed by atoms with Gasteiger partial charge in [-0.2, -0.15) is 4.72 Å². The van der Waals surface area contributed by atoms with Crippen LogP contribution in [0.15, 0.2) is 46.9 Å². The molecule has 1 aromatic carbocycles. The standard InChI is InChI=1S/C13H15N5O4S2/c1-8-4-13(23)18-12(15-8)6-17(16-18)7-14-24(21,22)9-2-3-10(19)11(20)5-9/h2-6,14-16,19-20H,7H2,1H3. The molecule has 0 radical (unpaired) electrons. The highest BCUT2D eigenvalue weighted by Crippen LogP contribution is 2.27. The molecule has 0 atom stereocenters. The Kier molecular flexibility index (Phi) is 4.09. The second-order valence-corrected chi connectivity index (χ2v) is 7.35. The van der Waals surface area contributed by atoms with Crippen LogP contribution in [0.4, 0.5) is 0 Å². The molecule has 3 rings (SSSR count). The molecule has 9 nitrogen and oxygen atoms in total. The van der Waals surface area contributed by atoms with Gasteiger partial charge in [-0.25, -0.2) is 13.4 Å². The van der Waals surface area contributed by atoms with Crippen molar-refractivity contribution >= 4 is 27.2 Å². The first-order valence-electron chi connectivity index (χ1n) is 6.82. The molecule has 0 unspecified atom stereocenters. The van der Waals surface area contributed by atoms with Crippen molar-refractivity contribution in [2.45, 2.75) is 11.8 Å². The number of benzene rings is 1. The van der Waals surface area contributed by atoms with Gasteiger partial charge in [-0.15, -0.1) is 5.53 Å². The van der Waals surface area contributed by atoms with E-state index in [0.717, 1.165) is 17.8 Å². The largest absolute Gasteiger partial charge is 0.504 e. The lowest BCUT2D eigenvalue weighted by atomic mass is 10.3. The lowest BCUT2D eigenvalue weighted by molar-refractivity contribution is 0.186. The van der Waals surface area contributed by atoms with E-state index in [-0.39, 0.29) is 17.3 Å². The first-order valence-corrected chi connectivity index (χ1v) is 8.71. The number of aromatic hydroxyl groups is 2. The van der Waals surface area contributed by atoms with Crippen LogP contribution in [0.5, 0.6) is 11.5 Å². The third kappa shape index (κ3) is 3.14. The molecule has 24 heavy (non-hydrogen) atoms. The van der Waals surface area contributed by atoms with Gasteiger partial charge in [0.1, 0.15) is 10.8 Å². The molecule has 0 saturated heterocycles. The maximum Gasteiger partial charge on any atom is 0.242 e. The van der Waals surface area contributed by atoms with Gasteiger partial charge in [-0.05, 0) is 25.1 Å². The van der Waals surface area contributed by atoms with Gasteiger partial charge in [-0.1, -0.05) is 12.2 Å². The monoisotopic (exact) mass is 369 g/mol. The molecular weight excluding hydrogens is 354 g/mol. The fraction of sp³-hybridized carbons (Fsp3) is 0.154. The molecule has 0 spiro atoms. The van der Waals surface area contributed by atoms with E-state index < -0.39 is 15.8 Å². The Morgan fingerprint density at radius 2 is 2.04 bits per heavy atom. The third-order valence-electron chi connectivity index (χ3n) is 3.32. The highest BCUT2D eigenvalue weighted by atomic mass is 32.2. The second-order valence-electron chi connectivity index (χ2n) is 5.17. The minimum Gasteiger partial charge on any atom is -0.504 e. The molecule has 0 aromatic heterocycles. The summed E-state index contributed by atoms with van der Waals surface area (Å²) in [6.45, 7) is 1.79. The topological polar surface area (TPSA) is 117 Å². The summed E-state index contributed by atoms with van der Waals surface area (Å²) in [5.74, 6) is -0.215.